The Morgan fingerprint density at radius 3 is 2.22 bits per heavy atom. The number of rotatable bonds is 3. The maximum Gasteiger partial charge on any atom is 2.00 e. The second-order valence-electron chi connectivity index (χ2n) is 4.03. The fraction of sp³-hybridized carbons (Fsp3) is 0.375. The van der Waals surface area contributed by atoms with Crippen molar-refractivity contribution < 1.29 is 17.1 Å². The van der Waals surface area contributed by atoms with Crippen molar-refractivity contribution in [1.82, 2.24) is 0 Å². The van der Waals surface area contributed by atoms with Gasteiger partial charge < -0.3 is 0 Å². The van der Waals surface area contributed by atoms with Crippen LogP contribution in [0.4, 0.5) is 0 Å². The van der Waals surface area contributed by atoms with Gasteiger partial charge in [0.15, 0.2) is 0 Å². The van der Waals surface area contributed by atoms with Crippen LogP contribution in [0.5, 0.6) is 0 Å². The third kappa shape index (κ3) is 5.14. The predicted molar refractivity (Wildman–Crippen MR) is 79.9 cm³/mol. The zero-order valence-corrected chi connectivity index (χ0v) is 14.0. The first kappa shape index (κ1) is 17.7. The van der Waals surface area contributed by atoms with E-state index in [1.165, 1.54) is 19.3 Å². The molecule has 0 aliphatic rings. The predicted octanol–water partition coefficient (Wildman–Crippen LogP) is 5.26. The van der Waals surface area contributed by atoms with Gasteiger partial charge in [0.1, 0.15) is 0 Å². The molecule has 0 heterocycles. The summed E-state index contributed by atoms with van der Waals surface area (Å²) in [6, 6.07) is 12.5. The van der Waals surface area contributed by atoms with E-state index in [-0.39, 0.29) is 17.1 Å². The van der Waals surface area contributed by atoms with Crippen LogP contribution in [0.2, 0.25) is 0 Å². The van der Waals surface area contributed by atoms with Crippen LogP contribution in [-0.4, -0.2) is 0 Å². The monoisotopic (exact) mass is 348 g/mol. The Kier molecular flexibility index (Phi) is 9.45. The Morgan fingerprint density at radius 2 is 1.89 bits per heavy atom. The summed E-state index contributed by atoms with van der Waals surface area (Å²) in [4.78, 5) is 0. The molecule has 0 aromatic heterocycles. The Morgan fingerprint density at radius 1 is 1.17 bits per heavy atom. The first-order chi connectivity index (χ1) is 8.22. The average molecular weight is 349 g/mol. The van der Waals surface area contributed by atoms with Crippen molar-refractivity contribution in [2.75, 3.05) is 0 Å². The van der Waals surface area contributed by atoms with E-state index < -0.39 is 0 Å². The van der Waals surface area contributed by atoms with E-state index in [1.54, 1.807) is 16.7 Å². The quantitative estimate of drug-likeness (QED) is 0.524. The summed E-state index contributed by atoms with van der Waals surface area (Å²) < 4.78 is 1.16. The molecule has 0 aliphatic heterocycles. The van der Waals surface area contributed by atoms with Crippen molar-refractivity contribution in [2.45, 2.75) is 40.0 Å². The molecule has 0 atom stereocenters. The van der Waals surface area contributed by atoms with E-state index in [1.807, 2.05) is 24.3 Å². The molecule has 0 fully saturated rings. The summed E-state index contributed by atoms with van der Waals surface area (Å²) in [6.07, 6.45) is 3.56. The average Bonchev–Trinajstić information content (AvgIpc) is 2.97. The summed E-state index contributed by atoms with van der Waals surface area (Å²) in [7, 11) is 0. The zero-order valence-electron chi connectivity index (χ0n) is 11.3. The number of halogens is 1. The first-order valence-corrected chi connectivity index (χ1v) is 7.15. The fourth-order valence-electron chi connectivity index (χ4n) is 2.08. The van der Waals surface area contributed by atoms with E-state index in [0.717, 1.165) is 4.47 Å². The Balaban J connectivity index is 0.000000352. The molecule has 100 valence electrons. The Hall–Kier alpha value is -0.301. The first-order valence-electron chi connectivity index (χ1n) is 6.36. The Bertz CT molecular complexity index is 391. The molecule has 0 radical (unpaired) electrons. The molecule has 0 saturated carbocycles. The second-order valence-corrected chi connectivity index (χ2v) is 4.94. The minimum atomic E-state index is 0. The van der Waals surface area contributed by atoms with Crippen LogP contribution in [0, 0.1) is 0 Å². The molecule has 0 nitrogen and oxygen atoms in total. The van der Waals surface area contributed by atoms with Crippen molar-refractivity contribution in [3.63, 3.8) is 0 Å². The van der Waals surface area contributed by atoms with Gasteiger partial charge in [0.05, 0.1) is 0 Å². The van der Waals surface area contributed by atoms with Crippen LogP contribution in [0.25, 0.3) is 0 Å². The van der Waals surface area contributed by atoms with Gasteiger partial charge in [-0.2, -0.15) is 41.0 Å². The van der Waals surface area contributed by atoms with Gasteiger partial charge in [0.2, 0.25) is 0 Å². The molecule has 2 heteroatoms. The Labute approximate surface area is 130 Å². The molecule has 0 unspecified atom stereocenters. The molecule has 2 aromatic carbocycles. The largest absolute Gasteiger partial charge is 2.00 e. The van der Waals surface area contributed by atoms with E-state index >= 15 is 0 Å². The van der Waals surface area contributed by atoms with Gasteiger partial charge >= 0.3 is 17.1 Å². The maximum atomic E-state index is 3.28. The second kappa shape index (κ2) is 9.61. The van der Waals surface area contributed by atoms with Crippen LogP contribution in [0.3, 0.4) is 0 Å². The van der Waals surface area contributed by atoms with Crippen molar-refractivity contribution in [3.8, 4) is 0 Å². The van der Waals surface area contributed by atoms with Crippen molar-refractivity contribution in [1.29, 1.82) is 0 Å². The molecule has 2 rings (SSSR count). The van der Waals surface area contributed by atoms with Crippen LogP contribution in [0.15, 0.2) is 40.9 Å². The van der Waals surface area contributed by atoms with Crippen LogP contribution >= 0.6 is 15.9 Å². The fourth-order valence-corrected chi connectivity index (χ4v) is 2.38. The van der Waals surface area contributed by atoms with E-state index in [2.05, 4.69) is 48.8 Å². The SMILES string of the molecule is Brc1ccc[cH-]1.CCc1cc[c-](CC)c1CC.[Fe+2]. The van der Waals surface area contributed by atoms with Gasteiger partial charge in [-0.1, -0.05) is 56.0 Å². The van der Waals surface area contributed by atoms with Gasteiger partial charge in [0.25, 0.3) is 0 Å². The summed E-state index contributed by atoms with van der Waals surface area (Å²) in [5.41, 5.74) is 4.68. The third-order valence-corrected chi connectivity index (χ3v) is 3.53. The molecular weight excluding hydrogens is 328 g/mol. The molecular formula is C16H21BrFe. The van der Waals surface area contributed by atoms with Gasteiger partial charge in [0, 0.05) is 0 Å². The van der Waals surface area contributed by atoms with E-state index in [0.29, 0.717) is 0 Å². The van der Waals surface area contributed by atoms with Crippen molar-refractivity contribution in [2.24, 2.45) is 0 Å². The zero-order chi connectivity index (χ0) is 12.7. The number of aryl methyl sites for hydroxylation is 2. The molecule has 0 spiro atoms. The van der Waals surface area contributed by atoms with Gasteiger partial charge in [-0.3, -0.25) is 0 Å². The smallest absolute Gasteiger partial charge is 0.213 e. The third-order valence-electron chi connectivity index (χ3n) is 3.00. The molecule has 0 amide bonds. The standard InChI is InChI=1S/C11H17.C5H4Br.Fe/c1-4-9-7-8-10(5-2)11(9)6-3;6-5-3-1-2-4-5;/h7-8H,4-6H2,1-3H3;1-4H;/q2*-1;+2. The van der Waals surface area contributed by atoms with Crippen molar-refractivity contribution in [3.05, 3.63) is 57.6 Å². The van der Waals surface area contributed by atoms with Crippen LogP contribution < -0.4 is 0 Å². The minimum absolute atomic E-state index is 0. The molecule has 0 bridgehead atoms. The summed E-state index contributed by atoms with van der Waals surface area (Å²) in [5, 5.41) is 0. The van der Waals surface area contributed by atoms with Crippen LogP contribution in [0.1, 0.15) is 37.5 Å². The molecule has 2 aromatic rings. The number of hydrogen-bond acceptors (Lipinski definition) is 0. The van der Waals surface area contributed by atoms with Gasteiger partial charge in [-0.15, -0.1) is 4.47 Å². The van der Waals surface area contributed by atoms with E-state index in [4.69, 9.17) is 0 Å². The molecule has 18 heavy (non-hydrogen) atoms. The molecule has 0 saturated heterocycles. The summed E-state index contributed by atoms with van der Waals surface area (Å²) in [6.45, 7) is 6.70. The number of hydrogen-bond donors (Lipinski definition) is 0. The maximum absolute atomic E-state index is 3.28. The van der Waals surface area contributed by atoms with Crippen molar-refractivity contribution >= 4 is 15.9 Å². The van der Waals surface area contributed by atoms with Gasteiger partial charge in [-0.05, 0) is 0 Å². The summed E-state index contributed by atoms with van der Waals surface area (Å²) >= 11 is 3.28. The van der Waals surface area contributed by atoms with Gasteiger partial charge in [-0.25, -0.2) is 12.1 Å². The summed E-state index contributed by atoms with van der Waals surface area (Å²) in [5.74, 6) is 0. The molecule has 0 N–H and O–H groups in total. The normalized spacial score (nSPS) is 9.33. The van der Waals surface area contributed by atoms with Crippen LogP contribution in [-0.2, 0) is 36.3 Å². The molecule has 0 aliphatic carbocycles. The van der Waals surface area contributed by atoms with E-state index in [9.17, 15) is 0 Å². The topological polar surface area (TPSA) is 0 Å². The minimum Gasteiger partial charge on any atom is -0.213 e.